The fourth-order valence-corrected chi connectivity index (χ4v) is 3.60. The molecule has 8 heteroatoms. The van der Waals surface area contributed by atoms with E-state index in [9.17, 15) is 9.18 Å². The molecule has 0 aliphatic carbocycles. The Morgan fingerprint density at radius 1 is 0.970 bits per heavy atom. The first-order chi connectivity index (χ1) is 16.1. The highest BCUT2D eigenvalue weighted by molar-refractivity contribution is 5.97. The summed E-state index contributed by atoms with van der Waals surface area (Å²) < 4.78 is 19.5. The summed E-state index contributed by atoms with van der Waals surface area (Å²) in [5.41, 5.74) is 16.2. The highest BCUT2D eigenvalue weighted by atomic mass is 19.1. The topological polar surface area (TPSA) is 120 Å². The Morgan fingerprint density at radius 3 is 2.52 bits per heavy atom. The van der Waals surface area contributed by atoms with E-state index in [4.69, 9.17) is 16.0 Å². The van der Waals surface area contributed by atoms with Crippen LogP contribution in [0.3, 0.4) is 0 Å². The molecular formula is C25H24FN5O2. The molecule has 4 rings (SSSR count). The van der Waals surface area contributed by atoms with Gasteiger partial charge in [-0.25, -0.2) is 4.39 Å². The van der Waals surface area contributed by atoms with Crippen LogP contribution in [0.4, 0.5) is 10.3 Å². The monoisotopic (exact) mass is 445 g/mol. The molecular weight excluding hydrogens is 421 g/mol. The second-order valence-corrected chi connectivity index (χ2v) is 7.55. The van der Waals surface area contributed by atoms with Gasteiger partial charge >= 0.3 is 0 Å². The minimum absolute atomic E-state index is 0.0526. The van der Waals surface area contributed by atoms with Crippen LogP contribution < -0.4 is 16.8 Å². The number of hydrogen-bond donors (Lipinski definition) is 3. The Hall–Kier alpha value is -3.88. The number of rotatable bonds is 8. The Labute approximate surface area is 190 Å². The smallest absolute Gasteiger partial charge is 0.239 e. The van der Waals surface area contributed by atoms with E-state index in [2.05, 4.69) is 15.5 Å². The van der Waals surface area contributed by atoms with E-state index >= 15 is 0 Å². The third-order valence-corrected chi connectivity index (χ3v) is 5.32. The van der Waals surface area contributed by atoms with Crippen LogP contribution in [0.2, 0.25) is 0 Å². The van der Waals surface area contributed by atoms with Crippen molar-refractivity contribution in [3.8, 4) is 22.4 Å². The molecule has 0 fully saturated rings. The Balaban J connectivity index is 1.61. The number of nitrogens with two attached hydrogens (primary N) is 2. The second-order valence-electron chi connectivity index (χ2n) is 7.55. The summed E-state index contributed by atoms with van der Waals surface area (Å²) in [4.78, 5) is 16.8. The minimum Gasteiger partial charge on any atom is -0.337 e. The maximum atomic E-state index is 14.0. The van der Waals surface area contributed by atoms with E-state index in [0.717, 1.165) is 16.7 Å². The molecule has 0 aliphatic rings. The van der Waals surface area contributed by atoms with Crippen molar-refractivity contribution < 1.29 is 13.7 Å². The van der Waals surface area contributed by atoms with Gasteiger partial charge in [-0.15, -0.1) is 0 Å². The van der Waals surface area contributed by atoms with Gasteiger partial charge in [-0.3, -0.25) is 15.1 Å². The lowest BCUT2D eigenvalue weighted by Gasteiger charge is -2.08. The van der Waals surface area contributed by atoms with Gasteiger partial charge in [0.1, 0.15) is 11.5 Å². The molecule has 0 saturated carbocycles. The number of nitrogens with zero attached hydrogens (tertiary/aromatic N) is 2. The number of anilines is 1. The van der Waals surface area contributed by atoms with E-state index in [0.29, 0.717) is 35.3 Å². The lowest BCUT2D eigenvalue weighted by Crippen LogP contribution is -2.12. The second kappa shape index (κ2) is 10.2. The number of carbonyl (C=O) groups excluding carboxylic acids is 1. The van der Waals surface area contributed by atoms with Gasteiger partial charge in [-0.1, -0.05) is 29.4 Å². The molecule has 0 spiro atoms. The highest BCUT2D eigenvalue weighted by Gasteiger charge is 2.22. The normalized spacial score (nSPS) is 10.9. The lowest BCUT2D eigenvalue weighted by atomic mass is 10.00. The van der Waals surface area contributed by atoms with Gasteiger partial charge in [0.2, 0.25) is 11.8 Å². The molecule has 4 aromatic rings. The van der Waals surface area contributed by atoms with E-state index in [-0.39, 0.29) is 30.6 Å². The van der Waals surface area contributed by atoms with Crippen molar-refractivity contribution in [2.75, 3.05) is 5.32 Å². The SMILES string of the molecule is NCc1cccc(CCC(=O)Nc2onc(-c3ccc(F)c(CN)c3)c2-c2ccncc2)c1. The van der Waals surface area contributed by atoms with Gasteiger partial charge in [0.05, 0.1) is 5.56 Å². The van der Waals surface area contributed by atoms with Crippen molar-refractivity contribution in [1.82, 2.24) is 10.1 Å². The number of carbonyl (C=O) groups is 1. The summed E-state index contributed by atoms with van der Waals surface area (Å²) in [6.45, 7) is 0.502. The molecule has 7 nitrogen and oxygen atoms in total. The van der Waals surface area contributed by atoms with E-state index in [1.807, 2.05) is 24.3 Å². The largest absolute Gasteiger partial charge is 0.337 e. The number of hydrogen-bond acceptors (Lipinski definition) is 6. The highest BCUT2D eigenvalue weighted by Crippen LogP contribution is 2.38. The molecule has 0 saturated heterocycles. The fraction of sp³-hybridized carbons (Fsp3) is 0.160. The summed E-state index contributed by atoms with van der Waals surface area (Å²) in [6.07, 6.45) is 4.09. The number of halogens is 1. The van der Waals surface area contributed by atoms with E-state index < -0.39 is 0 Å². The maximum absolute atomic E-state index is 14.0. The molecule has 0 unspecified atom stereocenters. The quantitative estimate of drug-likeness (QED) is 0.377. The summed E-state index contributed by atoms with van der Waals surface area (Å²) in [6, 6.07) is 16.0. The first-order valence-electron chi connectivity index (χ1n) is 10.6. The summed E-state index contributed by atoms with van der Waals surface area (Å²) in [7, 11) is 0. The van der Waals surface area contributed by atoms with E-state index in [1.165, 1.54) is 6.07 Å². The van der Waals surface area contributed by atoms with Crippen LogP contribution in [0.15, 0.2) is 71.5 Å². The van der Waals surface area contributed by atoms with Crippen LogP contribution in [-0.4, -0.2) is 16.0 Å². The third kappa shape index (κ3) is 5.14. The van der Waals surface area contributed by atoms with Gasteiger partial charge in [0.15, 0.2) is 0 Å². The Bertz CT molecular complexity index is 1260. The van der Waals surface area contributed by atoms with Gasteiger partial charge in [-0.05, 0) is 53.4 Å². The van der Waals surface area contributed by atoms with Crippen LogP contribution in [0.25, 0.3) is 22.4 Å². The zero-order valence-corrected chi connectivity index (χ0v) is 17.9. The van der Waals surface area contributed by atoms with Crippen LogP contribution in [0.5, 0.6) is 0 Å². The molecule has 1 amide bonds. The van der Waals surface area contributed by atoms with Gasteiger partial charge < -0.3 is 16.0 Å². The molecule has 2 aromatic heterocycles. The van der Waals surface area contributed by atoms with Crippen molar-refractivity contribution in [3.05, 3.63) is 89.5 Å². The molecule has 168 valence electrons. The number of amides is 1. The molecule has 0 aliphatic heterocycles. The summed E-state index contributed by atoms with van der Waals surface area (Å²) in [5, 5.41) is 7.00. The standard InChI is InChI=1S/C25H24FN5O2/c26-21-6-5-19(13-20(21)15-28)24-23(18-8-10-29-11-9-18)25(33-31-24)30-22(32)7-4-16-2-1-3-17(12-16)14-27/h1-3,5-6,8-13H,4,7,14-15,27-28H2,(H,30,32). The minimum atomic E-state index is -0.387. The number of nitrogens with one attached hydrogen (secondary N) is 1. The van der Waals surface area contributed by atoms with Gasteiger partial charge in [0, 0.05) is 43.0 Å². The van der Waals surface area contributed by atoms with Crippen molar-refractivity contribution in [2.45, 2.75) is 25.9 Å². The average Bonchev–Trinajstić information content (AvgIpc) is 3.27. The molecule has 0 bridgehead atoms. The molecule has 0 radical (unpaired) electrons. The lowest BCUT2D eigenvalue weighted by molar-refractivity contribution is -0.116. The number of pyridine rings is 1. The zero-order valence-electron chi connectivity index (χ0n) is 17.9. The summed E-state index contributed by atoms with van der Waals surface area (Å²) >= 11 is 0. The molecule has 0 atom stereocenters. The van der Waals surface area contributed by atoms with Crippen molar-refractivity contribution >= 4 is 11.8 Å². The summed E-state index contributed by atoms with van der Waals surface area (Å²) in [5.74, 6) is -0.383. The van der Waals surface area contributed by atoms with Gasteiger partial charge in [-0.2, -0.15) is 0 Å². The predicted octanol–water partition coefficient (Wildman–Crippen LogP) is 4.03. The van der Waals surface area contributed by atoms with E-state index in [1.54, 1.807) is 36.7 Å². The van der Waals surface area contributed by atoms with Crippen molar-refractivity contribution in [3.63, 3.8) is 0 Å². The molecule has 5 N–H and O–H groups in total. The fourth-order valence-electron chi connectivity index (χ4n) is 3.60. The zero-order chi connectivity index (χ0) is 23.2. The number of aromatic nitrogens is 2. The van der Waals surface area contributed by atoms with Crippen LogP contribution in [-0.2, 0) is 24.3 Å². The average molecular weight is 445 g/mol. The third-order valence-electron chi connectivity index (χ3n) is 5.32. The Kier molecular flexibility index (Phi) is 6.87. The first-order valence-corrected chi connectivity index (χ1v) is 10.6. The first kappa shape index (κ1) is 22.3. The molecule has 2 heterocycles. The predicted molar refractivity (Wildman–Crippen MR) is 124 cm³/mol. The van der Waals surface area contributed by atoms with Crippen molar-refractivity contribution in [2.24, 2.45) is 11.5 Å². The van der Waals surface area contributed by atoms with Crippen molar-refractivity contribution in [1.29, 1.82) is 0 Å². The van der Waals surface area contributed by atoms with Gasteiger partial charge in [0.25, 0.3) is 0 Å². The maximum Gasteiger partial charge on any atom is 0.239 e. The Morgan fingerprint density at radius 2 is 1.76 bits per heavy atom. The van der Waals surface area contributed by atoms with Crippen LogP contribution >= 0.6 is 0 Å². The number of benzene rings is 2. The van der Waals surface area contributed by atoms with Crippen LogP contribution in [0.1, 0.15) is 23.1 Å². The molecule has 2 aromatic carbocycles. The molecule has 33 heavy (non-hydrogen) atoms. The number of aryl methyl sites for hydroxylation is 1. The van der Waals surface area contributed by atoms with Crippen LogP contribution in [0, 0.1) is 5.82 Å².